The number of rotatable bonds is 5. The number of amides is 1. The predicted octanol–water partition coefficient (Wildman–Crippen LogP) is 3.77. The van der Waals surface area contributed by atoms with E-state index < -0.39 is 34.8 Å². The Kier molecular flexibility index (Phi) is 5.51. The van der Waals surface area contributed by atoms with Crippen LogP contribution in [0.2, 0.25) is 0 Å². The second-order valence-corrected chi connectivity index (χ2v) is 10.5. The first-order chi connectivity index (χ1) is 14.9. The average molecular weight is 469 g/mol. The number of hydrogen-bond donors (Lipinski definition) is 1. The molecule has 0 radical (unpaired) electrons. The van der Waals surface area contributed by atoms with E-state index in [1.54, 1.807) is 27.7 Å². The molecule has 8 nitrogen and oxygen atoms in total. The topological polar surface area (TPSA) is 94.7 Å². The summed E-state index contributed by atoms with van der Waals surface area (Å²) >= 11 is 1.12. The maximum atomic E-state index is 14.0. The molecule has 0 spiro atoms. The molecule has 0 bridgehead atoms. The third-order valence-corrected chi connectivity index (χ3v) is 7.00. The molecule has 2 aliphatic rings. The molecular formula is C21H26F2N4O4S. The standard InChI is InChI=1S/C21H26F2N4O4S/c1-11-14(9-24-25-18(29)31-20(2,3)4)32-17-15(11)16(28)27(13-5-6-13)19(30)26(17)10-12-7-8-21(12,22)23/h9,12-13H,5-8,10H2,1-4H3,(H,25,29)/b24-9+. The van der Waals surface area contributed by atoms with Crippen LogP contribution in [0.1, 0.15) is 62.9 Å². The average Bonchev–Trinajstić information content (AvgIpc) is 3.43. The highest BCUT2D eigenvalue weighted by Crippen LogP contribution is 2.44. The monoisotopic (exact) mass is 468 g/mol. The highest BCUT2D eigenvalue weighted by Gasteiger charge is 2.48. The summed E-state index contributed by atoms with van der Waals surface area (Å²) in [4.78, 5) is 38.9. The van der Waals surface area contributed by atoms with Gasteiger partial charge in [-0.1, -0.05) is 0 Å². The Balaban J connectivity index is 1.73. The van der Waals surface area contributed by atoms with Gasteiger partial charge in [-0.25, -0.2) is 23.8 Å². The molecule has 1 amide bonds. The van der Waals surface area contributed by atoms with E-state index in [-0.39, 0.29) is 19.0 Å². The van der Waals surface area contributed by atoms with Crippen LogP contribution in [-0.2, 0) is 11.3 Å². The molecule has 0 saturated heterocycles. The summed E-state index contributed by atoms with van der Waals surface area (Å²) < 4.78 is 35.6. The minimum Gasteiger partial charge on any atom is -0.443 e. The number of carbonyl (C=O) groups excluding carboxylic acids is 1. The molecule has 2 aromatic rings. The van der Waals surface area contributed by atoms with Gasteiger partial charge in [0.1, 0.15) is 10.4 Å². The Bertz CT molecular complexity index is 1220. The summed E-state index contributed by atoms with van der Waals surface area (Å²) in [6, 6.07) is -0.183. The van der Waals surface area contributed by atoms with Gasteiger partial charge in [0, 0.05) is 24.9 Å². The molecule has 11 heteroatoms. The normalized spacial score (nSPS) is 20.5. The van der Waals surface area contributed by atoms with E-state index in [0.717, 1.165) is 24.2 Å². The van der Waals surface area contributed by atoms with Crippen LogP contribution in [0.15, 0.2) is 14.7 Å². The van der Waals surface area contributed by atoms with Crippen molar-refractivity contribution < 1.29 is 18.3 Å². The number of aryl methyl sites for hydroxylation is 1. The van der Waals surface area contributed by atoms with Crippen LogP contribution in [0.25, 0.3) is 10.2 Å². The summed E-state index contributed by atoms with van der Waals surface area (Å²) in [6.45, 7) is 6.76. The van der Waals surface area contributed by atoms with Crippen LogP contribution in [0, 0.1) is 12.8 Å². The third kappa shape index (κ3) is 4.22. The number of carbonyl (C=O) groups is 1. The second kappa shape index (κ2) is 7.79. The summed E-state index contributed by atoms with van der Waals surface area (Å²) in [5.74, 6) is -3.73. The second-order valence-electron chi connectivity index (χ2n) is 9.44. The molecule has 1 unspecified atom stereocenters. The lowest BCUT2D eigenvalue weighted by molar-refractivity contribution is -0.137. The Morgan fingerprint density at radius 3 is 2.53 bits per heavy atom. The first-order valence-corrected chi connectivity index (χ1v) is 11.4. The number of ether oxygens (including phenoxy) is 1. The lowest BCUT2D eigenvalue weighted by atomic mass is 9.81. The van der Waals surface area contributed by atoms with E-state index in [9.17, 15) is 23.2 Å². The molecular weight excluding hydrogens is 442 g/mol. The third-order valence-electron chi connectivity index (χ3n) is 5.75. The molecule has 0 aliphatic heterocycles. The molecule has 174 valence electrons. The van der Waals surface area contributed by atoms with Gasteiger partial charge in [-0.15, -0.1) is 11.3 Å². The van der Waals surface area contributed by atoms with Crippen LogP contribution >= 0.6 is 11.3 Å². The van der Waals surface area contributed by atoms with Crippen LogP contribution in [0.5, 0.6) is 0 Å². The molecule has 2 heterocycles. The largest absolute Gasteiger partial charge is 0.443 e. The van der Waals surface area contributed by atoms with Gasteiger partial charge in [0.25, 0.3) is 11.5 Å². The van der Waals surface area contributed by atoms with E-state index in [1.165, 1.54) is 15.3 Å². The smallest absolute Gasteiger partial charge is 0.428 e. The van der Waals surface area contributed by atoms with Gasteiger partial charge in [0.05, 0.1) is 16.5 Å². The van der Waals surface area contributed by atoms with Gasteiger partial charge >= 0.3 is 11.8 Å². The highest BCUT2D eigenvalue weighted by molar-refractivity contribution is 7.20. The number of fused-ring (bicyclic) bond motifs is 1. The van der Waals surface area contributed by atoms with E-state index in [2.05, 4.69) is 10.5 Å². The fourth-order valence-electron chi connectivity index (χ4n) is 3.78. The number of thiophene rings is 1. The van der Waals surface area contributed by atoms with E-state index >= 15 is 0 Å². The number of halogens is 2. The fourth-order valence-corrected chi connectivity index (χ4v) is 4.95. The highest BCUT2D eigenvalue weighted by atomic mass is 32.1. The molecule has 32 heavy (non-hydrogen) atoms. The molecule has 2 aromatic heterocycles. The Labute approximate surface area is 186 Å². The molecule has 1 atom stereocenters. The zero-order chi connectivity index (χ0) is 23.4. The molecule has 2 saturated carbocycles. The number of hydrogen-bond acceptors (Lipinski definition) is 6. The first kappa shape index (κ1) is 22.6. The van der Waals surface area contributed by atoms with E-state index in [4.69, 9.17) is 4.74 Å². The van der Waals surface area contributed by atoms with Crippen molar-refractivity contribution >= 4 is 33.9 Å². The molecule has 4 rings (SSSR count). The van der Waals surface area contributed by atoms with Crippen molar-refractivity contribution in [2.24, 2.45) is 11.0 Å². The summed E-state index contributed by atoms with van der Waals surface area (Å²) in [6.07, 6.45) is 2.23. The summed E-state index contributed by atoms with van der Waals surface area (Å²) in [5, 5.41) is 4.23. The molecule has 1 N–H and O–H groups in total. The van der Waals surface area contributed by atoms with Crippen molar-refractivity contribution in [2.45, 2.75) is 77.5 Å². The summed E-state index contributed by atoms with van der Waals surface area (Å²) in [7, 11) is 0. The van der Waals surface area contributed by atoms with Crippen LogP contribution in [0.3, 0.4) is 0 Å². The van der Waals surface area contributed by atoms with Crippen molar-refractivity contribution in [2.75, 3.05) is 0 Å². The zero-order valence-corrected chi connectivity index (χ0v) is 19.2. The van der Waals surface area contributed by atoms with Crippen LogP contribution < -0.4 is 16.7 Å². The minimum absolute atomic E-state index is 0.137. The first-order valence-electron chi connectivity index (χ1n) is 10.6. The zero-order valence-electron chi connectivity index (χ0n) is 18.4. The van der Waals surface area contributed by atoms with Gasteiger partial charge in [0.2, 0.25) is 0 Å². The van der Waals surface area contributed by atoms with Crippen LogP contribution in [-0.4, -0.2) is 33.0 Å². The van der Waals surface area contributed by atoms with Crippen molar-refractivity contribution in [1.82, 2.24) is 14.6 Å². The van der Waals surface area contributed by atoms with Crippen LogP contribution in [0.4, 0.5) is 13.6 Å². The van der Waals surface area contributed by atoms with Crippen molar-refractivity contribution in [1.29, 1.82) is 0 Å². The fraction of sp³-hybridized carbons (Fsp3) is 0.619. The molecule has 0 aromatic carbocycles. The van der Waals surface area contributed by atoms with E-state index in [1.807, 2.05) is 0 Å². The molecule has 2 aliphatic carbocycles. The van der Waals surface area contributed by atoms with Crippen molar-refractivity contribution in [3.63, 3.8) is 0 Å². The summed E-state index contributed by atoms with van der Waals surface area (Å²) in [5.41, 5.74) is 1.23. The van der Waals surface area contributed by atoms with E-state index in [0.29, 0.717) is 27.1 Å². The van der Waals surface area contributed by atoms with Gasteiger partial charge in [-0.3, -0.25) is 13.9 Å². The number of alkyl halides is 2. The predicted molar refractivity (Wildman–Crippen MR) is 118 cm³/mol. The number of nitrogens with one attached hydrogen (secondary N) is 1. The van der Waals surface area contributed by atoms with Gasteiger partial charge < -0.3 is 4.74 Å². The van der Waals surface area contributed by atoms with Crippen molar-refractivity contribution in [3.05, 3.63) is 31.3 Å². The van der Waals surface area contributed by atoms with Gasteiger partial charge in [-0.2, -0.15) is 5.10 Å². The Morgan fingerprint density at radius 1 is 1.31 bits per heavy atom. The van der Waals surface area contributed by atoms with Gasteiger partial charge in [-0.05, 0) is 52.5 Å². The Hall–Kier alpha value is -2.56. The van der Waals surface area contributed by atoms with Gasteiger partial charge in [0.15, 0.2) is 0 Å². The lowest BCUT2D eigenvalue weighted by Crippen LogP contribution is -2.46. The minimum atomic E-state index is -2.81. The van der Waals surface area contributed by atoms with Crippen molar-refractivity contribution in [3.8, 4) is 0 Å². The number of hydrazone groups is 1. The lowest BCUT2D eigenvalue weighted by Gasteiger charge is -2.36. The maximum absolute atomic E-state index is 14.0. The quantitative estimate of drug-likeness (QED) is 0.534. The molecule has 2 fully saturated rings. The number of nitrogens with zero attached hydrogens (tertiary/aromatic N) is 3. The number of aromatic nitrogens is 2. The Morgan fingerprint density at radius 2 is 2.00 bits per heavy atom. The SMILES string of the molecule is Cc1c(/C=N/NC(=O)OC(C)(C)C)sc2c1c(=O)n(C1CC1)c(=O)n2CC1CCC1(F)F. The maximum Gasteiger partial charge on any atom is 0.428 e.